The zero-order valence-corrected chi connectivity index (χ0v) is 12.4. The molecule has 4 heteroatoms. The van der Waals surface area contributed by atoms with Crippen molar-refractivity contribution < 1.29 is 9.21 Å². The second kappa shape index (κ2) is 5.90. The van der Waals surface area contributed by atoms with Gasteiger partial charge in [0, 0.05) is 12.2 Å². The SMILES string of the molecule is CCN(C(=O)c1ocnc1C(C)C)c1cccc(C)c1. The molecule has 0 aliphatic heterocycles. The first kappa shape index (κ1) is 14.3. The van der Waals surface area contributed by atoms with Gasteiger partial charge in [-0.1, -0.05) is 26.0 Å². The van der Waals surface area contributed by atoms with Gasteiger partial charge in [-0.2, -0.15) is 0 Å². The van der Waals surface area contributed by atoms with E-state index in [4.69, 9.17) is 4.42 Å². The van der Waals surface area contributed by atoms with Gasteiger partial charge in [0.05, 0.1) is 5.69 Å². The van der Waals surface area contributed by atoms with Crippen LogP contribution in [0, 0.1) is 6.92 Å². The summed E-state index contributed by atoms with van der Waals surface area (Å²) in [7, 11) is 0. The molecular weight excluding hydrogens is 252 g/mol. The molecule has 1 aromatic heterocycles. The lowest BCUT2D eigenvalue weighted by atomic mass is 10.1. The number of nitrogens with zero attached hydrogens (tertiary/aromatic N) is 2. The molecule has 0 saturated heterocycles. The van der Waals surface area contributed by atoms with Gasteiger partial charge >= 0.3 is 0 Å². The van der Waals surface area contributed by atoms with E-state index in [1.165, 1.54) is 6.39 Å². The van der Waals surface area contributed by atoms with Gasteiger partial charge in [-0.05, 0) is 37.5 Å². The average molecular weight is 272 g/mol. The van der Waals surface area contributed by atoms with Gasteiger partial charge in [-0.25, -0.2) is 4.98 Å². The van der Waals surface area contributed by atoms with Crippen molar-refractivity contribution >= 4 is 11.6 Å². The number of carbonyl (C=O) groups is 1. The van der Waals surface area contributed by atoms with Crippen LogP contribution in [0.3, 0.4) is 0 Å². The summed E-state index contributed by atoms with van der Waals surface area (Å²) in [4.78, 5) is 18.5. The van der Waals surface area contributed by atoms with Crippen molar-refractivity contribution in [2.45, 2.75) is 33.6 Å². The van der Waals surface area contributed by atoms with Gasteiger partial charge in [0.1, 0.15) is 0 Å². The number of anilines is 1. The Kier molecular flexibility index (Phi) is 4.23. The highest BCUT2D eigenvalue weighted by molar-refractivity contribution is 6.04. The van der Waals surface area contributed by atoms with Crippen LogP contribution in [-0.2, 0) is 0 Å². The lowest BCUT2D eigenvalue weighted by Gasteiger charge is -2.21. The predicted octanol–water partition coefficient (Wildman–Crippen LogP) is 3.77. The van der Waals surface area contributed by atoms with Crippen LogP contribution in [-0.4, -0.2) is 17.4 Å². The first-order chi connectivity index (χ1) is 9.54. The molecule has 0 fully saturated rings. The molecule has 1 amide bonds. The average Bonchev–Trinajstić information content (AvgIpc) is 2.89. The Bertz CT molecular complexity index is 602. The molecule has 1 heterocycles. The molecule has 4 nitrogen and oxygen atoms in total. The van der Waals surface area contributed by atoms with Crippen LogP contribution in [0.5, 0.6) is 0 Å². The van der Waals surface area contributed by atoms with Crippen LogP contribution in [0.4, 0.5) is 5.69 Å². The maximum atomic E-state index is 12.7. The number of amides is 1. The summed E-state index contributed by atoms with van der Waals surface area (Å²) < 4.78 is 5.32. The molecule has 0 unspecified atom stereocenters. The van der Waals surface area contributed by atoms with Gasteiger partial charge < -0.3 is 9.32 Å². The second-order valence-electron chi connectivity index (χ2n) is 5.11. The molecule has 0 aliphatic rings. The summed E-state index contributed by atoms with van der Waals surface area (Å²) in [6.45, 7) is 8.54. The third kappa shape index (κ3) is 2.74. The van der Waals surface area contributed by atoms with Crippen LogP contribution >= 0.6 is 0 Å². The van der Waals surface area contributed by atoms with Crippen LogP contribution < -0.4 is 4.90 Å². The van der Waals surface area contributed by atoms with E-state index in [0.29, 0.717) is 18.0 Å². The van der Waals surface area contributed by atoms with Crippen molar-refractivity contribution in [1.29, 1.82) is 0 Å². The Morgan fingerprint density at radius 1 is 1.40 bits per heavy atom. The van der Waals surface area contributed by atoms with E-state index in [1.54, 1.807) is 4.90 Å². The lowest BCUT2D eigenvalue weighted by Crippen LogP contribution is -2.31. The van der Waals surface area contributed by atoms with Gasteiger partial charge in [0.25, 0.3) is 5.91 Å². The minimum absolute atomic E-state index is 0.140. The topological polar surface area (TPSA) is 46.3 Å². The van der Waals surface area contributed by atoms with Crippen molar-refractivity contribution in [2.75, 3.05) is 11.4 Å². The Hall–Kier alpha value is -2.10. The van der Waals surface area contributed by atoms with E-state index < -0.39 is 0 Å². The summed E-state index contributed by atoms with van der Waals surface area (Å²) in [5, 5.41) is 0. The van der Waals surface area contributed by atoms with E-state index in [0.717, 1.165) is 11.3 Å². The summed E-state index contributed by atoms with van der Waals surface area (Å²) in [6.07, 6.45) is 1.34. The normalized spacial score (nSPS) is 10.8. The minimum Gasteiger partial charge on any atom is -0.438 e. The van der Waals surface area contributed by atoms with E-state index in [-0.39, 0.29) is 11.8 Å². The number of carbonyl (C=O) groups excluding carboxylic acids is 1. The van der Waals surface area contributed by atoms with Crippen molar-refractivity contribution in [2.24, 2.45) is 0 Å². The standard InChI is InChI=1S/C16H20N2O2/c1-5-18(13-8-6-7-12(4)9-13)16(19)15-14(11(2)3)17-10-20-15/h6-11H,5H2,1-4H3. The minimum atomic E-state index is -0.140. The Balaban J connectivity index is 2.37. The van der Waals surface area contributed by atoms with E-state index in [2.05, 4.69) is 4.98 Å². The van der Waals surface area contributed by atoms with Crippen molar-refractivity contribution in [3.8, 4) is 0 Å². The zero-order valence-electron chi connectivity index (χ0n) is 12.4. The molecule has 106 valence electrons. The van der Waals surface area contributed by atoms with Crippen molar-refractivity contribution in [3.05, 3.63) is 47.7 Å². The summed E-state index contributed by atoms with van der Waals surface area (Å²) in [6, 6.07) is 7.88. The van der Waals surface area contributed by atoms with Crippen molar-refractivity contribution in [1.82, 2.24) is 4.98 Å². The molecule has 0 spiro atoms. The quantitative estimate of drug-likeness (QED) is 0.851. The second-order valence-corrected chi connectivity index (χ2v) is 5.11. The van der Waals surface area contributed by atoms with E-state index in [9.17, 15) is 4.79 Å². The first-order valence-corrected chi connectivity index (χ1v) is 6.86. The van der Waals surface area contributed by atoms with Gasteiger partial charge in [0.15, 0.2) is 6.39 Å². The summed E-state index contributed by atoms with van der Waals surface area (Å²) in [5.41, 5.74) is 2.71. The third-order valence-corrected chi connectivity index (χ3v) is 3.21. The Morgan fingerprint density at radius 2 is 2.15 bits per heavy atom. The highest BCUT2D eigenvalue weighted by atomic mass is 16.3. The zero-order chi connectivity index (χ0) is 14.7. The third-order valence-electron chi connectivity index (χ3n) is 3.21. The summed E-state index contributed by atoms with van der Waals surface area (Å²) in [5.74, 6) is 0.353. The highest BCUT2D eigenvalue weighted by Gasteiger charge is 2.24. The molecule has 0 bridgehead atoms. The molecule has 0 radical (unpaired) electrons. The van der Waals surface area contributed by atoms with Crippen LogP contribution in [0.15, 0.2) is 35.1 Å². The number of hydrogen-bond donors (Lipinski definition) is 0. The number of benzene rings is 1. The lowest BCUT2D eigenvalue weighted by molar-refractivity contribution is 0.0960. The largest absolute Gasteiger partial charge is 0.438 e. The van der Waals surface area contributed by atoms with E-state index in [1.807, 2.05) is 52.0 Å². The van der Waals surface area contributed by atoms with Crippen LogP contribution in [0.2, 0.25) is 0 Å². The maximum Gasteiger partial charge on any atom is 0.295 e. The molecule has 1 aromatic carbocycles. The van der Waals surface area contributed by atoms with E-state index >= 15 is 0 Å². The number of hydrogen-bond acceptors (Lipinski definition) is 3. The molecule has 0 atom stereocenters. The fourth-order valence-corrected chi connectivity index (χ4v) is 2.19. The fourth-order valence-electron chi connectivity index (χ4n) is 2.19. The molecule has 20 heavy (non-hydrogen) atoms. The molecule has 0 aliphatic carbocycles. The Labute approximate surface area is 119 Å². The molecular formula is C16H20N2O2. The molecule has 0 saturated carbocycles. The van der Waals surface area contributed by atoms with Gasteiger partial charge in [-0.15, -0.1) is 0 Å². The number of rotatable bonds is 4. The maximum absolute atomic E-state index is 12.7. The molecule has 2 aromatic rings. The van der Waals surface area contributed by atoms with Crippen LogP contribution in [0.25, 0.3) is 0 Å². The first-order valence-electron chi connectivity index (χ1n) is 6.86. The smallest absolute Gasteiger partial charge is 0.295 e. The summed E-state index contributed by atoms with van der Waals surface area (Å²) >= 11 is 0. The molecule has 2 rings (SSSR count). The number of aryl methyl sites for hydroxylation is 1. The highest BCUT2D eigenvalue weighted by Crippen LogP contribution is 2.23. The number of oxazole rings is 1. The predicted molar refractivity (Wildman–Crippen MR) is 79.1 cm³/mol. The Morgan fingerprint density at radius 3 is 2.75 bits per heavy atom. The molecule has 0 N–H and O–H groups in total. The van der Waals surface area contributed by atoms with Crippen LogP contribution in [0.1, 0.15) is 48.5 Å². The number of aromatic nitrogens is 1. The van der Waals surface area contributed by atoms with Gasteiger partial charge in [-0.3, -0.25) is 4.79 Å². The fraction of sp³-hybridized carbons (Fsp3) is 0.375. The van der Waals surface area contributed by atoms with Gasteiger partial charge in [0.2, 0.25) is 5.76 Å². The monoisotopic (exact) mass is 272 g/mol. The van der Waals surface area contributed by atoms with Crippen molar-refractivity contribution in [3.63, 3.8) is 0 Å².